The number of phenols is 2. The lowest BCUT2D eigenvalue weighted by Gasteiger charge is -2.14. The molecule has 0 heterocycles. The smallest absolute Gasteiger partial charge is 0.347 e. The van der Waals surface area contributed by atoms with Crippen LogP contribution in [-0.2, 0) is 22.4 Å². The predicted octanol–water partition coefficient (Wildman–Crippen LogP) is 3.85. The number of methoxy groups -OCH3 is 1. The fourth-order valence-electron chi connectivity index (χ4n) is 3.57. The van der Waals surface area contributed by atoms with Crippen LogP contribution in [0.25, 0.3) is 0 Å². The van der Waals surface area contributed by atoms with E-state index in [-0.39, 0.29) is 65.4 Å². The fraction of sp³-hybridized carbons (Fsp3) is 0.360. The Bertz CT molecular complexity index is 1100. The molecule has 0 unspecified atom stereocenters. The van der Waals surface area contributed by atoms with Crippen LogP contribution in [0.3, 0.4) is 0 Å². The van der Waals surface area contributed by atoms with Crippen LogP contribution in [0, 0.1) is 0 Å². The number of hydrogen-bond acceptors (Lipinski definition) is 8. The van der Waals surface area contributed by atoms with E-state index < -0.39 is 29.0 Å². The Morgan fingerprint density at radius 1 is 0.765 bits per heavy atom. The molecular formula is C25H28O9. The van der Waals surface area contributed by atoms with Crippen LogP contribution in [0.1, 0.15) is 71.4 Å². The van der Waals surface area contributed by atoms with Crippen molar-refractivity contribution in [2.45, 2.75) is 52.4 Å². The van der Waals surface area contributed by atoms with Gasteiger partial charge in [-0.25, -0.2) is 9.59 Å². The summed E-state index contributed by atoms with van der Waals surface area (Å²) in [5.41, 5.74) is -0.519. The summed E-state index contributed by atoms with van der Waals surface area (Å²) in [6.07, 6.45) is 1.29. The van der Waals surface area contributed by atoms with Crippen LogP contribution in [0.5, 0.6) is 23.0 Å². The minimum absolute atomic E-state index is 0.00829. The molecule has 2 rings (SSSR count). The van der Waals surface area contributed by atoms with Gasteiger partial charge in [0, 0.05) is 37.8 Å². The third-order valence-electron chi connectivity index (χ3n) is 5.04. The van der Waals surface area contributed by atoms with Gasteiger partial charge in [-0.3, -0.25) is 9.59 Å². The highest BCUT2D eigenvalue weighted by atomic mass is 16.5. The molecule has 0 spiro atoms. The van der Waals surface area contributed by atoms with Crippen LogP contribution in [0.2, 0.25) is 0 Å². The SMILES string of the molecule is CCCC(=O)Cc1cc(OC(=O)c2c(O)cc(OC)cc2CC(=O)CCC)cc(O)c1C(=O)O. The van der Waals surface area contributed by atoms with Crippen molar-refractivity contribution >= 4 is 23.5 Å². The molecule has 0 fully saturated rings. The molecule has 0 amide bonds. The van der Waals surface area contributed by atoms with Gasteiger partial charge in [0.25, 0.3) is 0 Å². The summed E-state index contributed by atoms with van der Waals surface area (Å²) in [6, 6.07) is 4.78. The van der Waals surface area contributed by atoms with E-state index in [2.05, 4.69) is 0 Å². The van der Waals surface area contributed by atoms with E-state index >= 15 is 0 Å². The summed E-state index contributed by atoms with van der Waals surface area (Å²) in [5.74, 6) is -3.95. The molecule has 34 heavy (non-hydrogen) atoms. The van der Waals surface area contributed by atoms with Gasteiger partial charge < -0.3 is 24.8 Å². The molecular weight excluding hydrogens is 444 g/mol. The fourth-order valence-corrected chi connectivity index (χ4v) is 3.57. The maximum Gasteiger partial charge on any atom is 0.347 e. The third-order valence-corrected chi connectivity index (χ3v) is 5.04. The number of carboxylic acids is 1. The molecule has 0 aliphatic heterocycles. The number of Topliss-reactive ketones (excluding diaryl/α,β-unsaturated/α-hetero) is 2. The lowest BCUT2D eigenvalue weighted by Crippen LogP contribution is -2.15. The quantitative estimate of drug-likeness (QED) is 0.309. The maximum atomic E-state index is 13.0. The summed E-state index contributed by atoms with van der Waals surface area (Å²) >= 11 is 0. The Morgan fingerprint density at radius 2 is 1.24 bits per heavy atom. The zero-order valence-corrected chi connectivity index (χ0v) is 19.3. The number of carbonyl (C=O) groups is 4. The van der Waals surface area contributed by atoms with Gasteiger partial charge in [-0.15, -0.1) is 0 Å². The zero-order chi connectivity index (χ0) is 25.4. The van der Waals surface area contributed by atoms with E-state index in [1.165, 1.54) is 25.3 Å². The number of carbonyl (C=O) groups excluding carboxylic acids is 3. The summed E-state index contributed by atoms with van der Waals surface area (Å²) in [4.78, 5) is 48.9. The molecule has 2 aromatic rings. The maximum absolute atomic E-state index is 13.0. The molecule has 3 N–H and O–H groups in total. The first-order valence-electron chi connectivity index (χ1n) is 10.9. The number of ether oxygens (including phenoxy) is 2. The number of carboxylic acid groups (broad SMARTS) is 1. The van der Waals surface area contributed by atoms with E-state index in [4.69, 9.17) is 9.47 Å². The Labute approximate surface area is 196 Å². The van der Waals surface area contributed by atoms with Gasteiger partial charge in [-0.05, 0) is 36.1 Å². The normalized spacial score (nSPS) is 10.6. The zero-order valence-electron chi connectivity index (χ0n) is 19.3. The molecule has 0 radical (unpaired) electrons. The van der Waals surface area contributed by atoms with E-state index in [9.17, 15) is 34.5 Å². The Hall–Kier alpha value is -3.88. The summed E-state index contributed by atoms with van der Waals surface area (Å²) in [7, 11) is 1.37. The Morgan fingerprint density at radius 3 is 1.74 bits per heavy atom. The number of phenolic OH excluding ortho intramolecular Hbond substituents is 1. The molecule has 0 saturated carbocycles. The molecule has 2 aromatic carbocycles. The minimum atomic E-state index is -1.43. The molecule has 0 aliphatic rings. The van der Waals surface area contributed by atoms with Gasteiger partial charge in [0.1, 0.15) is 45.7 Å². The van der Waals surface area contributed by atoms with Gasteiger partial charge in [0.15, 0.2) is 0 Å². The lowest BCUT2D eigenvalue weighted by atomic mass is 9.98. The molecule has 0 saturated heterocycles. The third kappa shape index (κ3) is 6.57. The van der Waals surface area contributed by atoms with E-state index in [0.29, 0.717) is 12.8 Å². The molecule has 0 bridgehead atoms. The van der Waals surface area contributed by atoms with Crippen molar-refractivity contribution in [3.63, 3.8) is 0 Å². The molecule has 9 nitrogen and oxygen atoms in total. The van der Waals surface area contributed by atoms with Gasteiger partial charge in [0.2, 0.25) is 0 Å². The Balaban J connectivity index is 2.46. The second-order valence-electron chi connectivity index (χ2n) is 7.78. The topological polar surface area (TPSA) is 147 Å². The first-order valence-corrected chi connectivity index (χ1v) is 10.9. The highest BCUT2D eigenvalue weighted by Gasteiger charge is 2.24. The predicted molar refractivity (Wildman–Crippen MR) is 122 cm³/mol. The molecule has 0 aromatic heterocycles. The highest BCUT2D eigenvalue weighted by molar-refractivity contribution is 5.98. The minimum Gasteiger partial charge on any atom is -0.507 e. The van der Waals surface area contributed by atoms with Crippen LogP contribution in [0.4, 0.5) is 0 Å². The first-order chi connectivity index (χ1) is 16.1. The monoisotopic (exact) mass is 472 g/mol. The van der Waals surface area contributed by atoms with Crippen LogP contribution >= 0.6 is 0 Å². The molecule has 0 atom stereocenters. The highest BCUT2D eigenvalue weighted by Crippen LogP contribution is 2.33. The number of aromatic carboxylic acids is 1. The van der Waals surface area contributed by atoms with Crippen molar-refractivity contribution in [2.75, 3.05) is 7.11 Å². The molecule has 0 aliphatic carbocycles. The van der Waals surface area contributed by atoms with Crippen molar-refractivity contribution in [1.82, 2.24) is 0 Å². The Kier molecular flexibility index (Phi) is 9.18. The standard InChI is InChI=1S/C25H28O9/c1-4-6-16(26)8-14-11-19(13-20(28)22(14)24(30)31)34-25(32)23-15(9-17(27)7-5-2)10-18(33-3)12-21(23)29/h10-13,28-29H,4-9H2,1-3H3,(H,30,31). The largest absolute Gasteiger partial charge is 0.507 e. The van der Waals surface area contributed by atoms with Crippen LogP contribution < -0.4 is 9.47 Å². The number of aromatic hydroxyl groups is 2. The number of benzene rings is 2. The number of rotatable bonds is 12. The van der Waals surface area contributed by atoms with Crippen molar-refractivity contribution < 1.29 is 44.0 Å². The van der Waals surface area contributed by atoms with Crippen molar-refractivity contribution in [1.29, 1.82) is 0 Å². The number of esters is 1. The molecule has 182 valence electrons. The van der Waals surface area contributed by atoms with Crippen molar-refractivity contribution in [3.8, 4) is 23.0 Å². The van der Waals surface area contributed by atoms with Gasteiger partial charge in [-0.1, -0.05) is 13.8 Å². The number of hydrogen-bond donors (Lipinski definition) is 3. The average Bonchev–Trinajstić information content (AvgIpc) is 2.72. The average molecular weight is 472 g/mol. The second-order valence-corrected chi connectivity index (χ2v) is 7.78. The van der Waals surface area contributed by atoms with Crippen LogP contribution in [-0.4, -0.2) is 45.9 Å². The van der Waals surface area contributed by atoms with Gasteiger partial charge >= 0.3 is 11.9 Å². The second kappa shape index (κ2) is 11.8. The lowest BCUT2D eigenvalue weighted by molar-refractivity contribution is -0.119. The summed E-state index contributed by atoms with van der Waals surface area (Å²) < 4.78 is 10.4. The van der Waals surface area contributed by atoms with Crippen molar-refractivity contribution in [3.05, 3.63) is 46.5 Å². The number of ketones is 2. The summed E-state index contributed by atoms with van der Waals surface area (Å²) in [5, 5.41) is 30.1. The van der Waals surface area contributed by atoms with E-state index in [0.717, 1.165) is 6.07 Å². The van der Waals surface area contributed by atoms with Crippen LogP contribution in [0.15, 0.2) is 24.3 Å². The van der Waals surface area contributed by atoms with E-state index in [1.54, 1.807) is 6.92 Å². The van der Waals surface area contributed by atoms with E-state index in [1.807, 2.05) is 6.92 Å². The van der Waals surface area contributed by atoms with Gasteiger partial charge in [-0.2, -0.15) is 0 Å². The summed E-state index contributed by atoms with van der Waals surface area (Å²) in [6.45, 7) is 3.64. The first kappa shape index (κ1) is 26.4. The molecule has 9 heteroatoms. The van der Waals surface area contributed by atoms with Gasteiger partial charge in [0.05, 0.1) is 7.11 Å². The van der Waals surface area contributed by atoms with Crippen molar-refractivity contribution in [2.24, 2.45) is 0 Å².